The van der Waals surface area contributed by atoms with Crippen LogP contribution in [0.4, 0.5) is 0 Å². The average molecular weight is 436 g/mol. The predicted octanol–water partition coefficient (Wildman–Crippen LogP) is 8.76. The van der Waals surface area contributed by atoms with E-state index in [1.807, 2.05) is 0 Å². The van der Waals surface area contributed by atoms with Gasteiger partial charge in [-0.2, -0.15) is 0 Å². The summed E-state index contributed by atoms with van der Waals surface area (Å²) in [5, 5.41) is 2.63. The highest BCUT2D eigenvalue weighted by atomic mass is 15.0. The van der Waals surface area contributed by atoms with Crippen molar-refractivity contribution in [3.8, 4) is 27.9 Å². The molecule has 0 radical (unpaired) electrons. The second-order valence-corrected chi connectivity index (χ2v) is 9.85. The van der Waals surface area contributed by atoms with Crippen molar-refractivity contribution in [2.45, 2.75) is 19.3 Å². The van der Waals surface area contributed by atoms with Crippen molar-refractivity contribution >= 4 is 21.8 Å². The summed E-state index contributed by atoms with van der Waals surface area (Å²) in [5.74, 6) is 0. The van der Waals surface area contributed by atoms with Gasteiger partial charge in [-0.15, -0.1) is 0 Å². The molecule has 1 aliphatic carbocycles. The minimum Gasteiger partial charge on any atom is -0.309 e. The molecule has 162 valence electrons. The summed E-state index contributed by atoms with van der Waals surface area (Å²) in [6.07, 6.45) is 0. The van der Waals surface area contributed by atoms with E-state index in [0.29, 0.717) is 0 Å². The molecule has 1 nitrogen and oxygen atoms in total. The molecule has 1 heteroatoms. The largest absolute Gasteiger partial charge is 0.309 e. The van der Waals surface area contributed by atoms with Crippen LogP contribution in [0.15, 0.2) is 115 Å². The van der Waals surface area contributed by atoms with Crippen LogP contribution in [0.2, 0.25) is 0 Å². The quantitative estimate of drug-likeness (QED) is 0.256. The van der Waals surface area contributed by atoms with Gasteiger partial charge in [-0.1, -0.05) is 98.8 Å². The van der Waals surface area contributed by atoms with Crippen molar-refractivity contribution in [1.29, 1.82) is 0 Å². The van der Waals surface area contributed by atoms with Gasteiger partial charge in [-0.05, 0) is 63.7 Å². The molecule has 0 saturated heterocycles. The number of aromatic nitrogens is 1. The van der Waals surface area contributed by atoms with Crippen molar-refractivity contribution in [2.75, 3.05) is 0 Å². The number of hydrogen-bond acceptors (Lipinski definition) is 0. The van der Waals surface area contributed by atoms with E-state index < -0.39 is 0 Å². The van der Waals surface area contributed by atoms with Gasteiger partial charge < -0.3 is 4.57 Å². The van der Waals surface area contributed by atoms with E-state index in [-0.39, 0.29) is 5.41 Å². The standard InChI is InChI=1S/C33H25N/c1-33(2)29-14-8-6-12-25(29)27-21-32-28(20-30(27)33)26-13-7-9-15-31(26)34(32)24-18-16-23(17-19-24)22-10-4-3-5-11-22/h3-21H,1-2H3. The van der Waals surface area contributed by atoms with Crippen LogP contribution in [0.5, 0.6) is 0 Å². The van der Waals surface area contributed by atoms with Gasteiger partial charge in [-0.25, -0.2) is 0 Å². The smallest absolute Gasteiger partial charge is 0.0547 e. The van der Waals surface area contributed by atoms with Gasteiger partial charge in [0.1, 0.15) is 0 Å². The van der Waals surface area contributed by atoms with E-state index >= 15 is 0 Å². The molecule has 0 saturated carbocycles. The molecule has 0 aliphatic heterocycles. The first-order valence-electron chi connectivity index (χ1n) is 12.0. The SMILES string of the molecule is CC1(C)c2ccccc2-c2cc3c(cc21)c1ccccc1n3-c1ccc(-c2ccccc2)cc1. The number of nitrogens with zero attached hydrogens (tertiary/aromatic N) is 1. The van der Waals surface area contributed by atoms with Gasteiger partial charge in [0.15, 0.2) is 0 Å². The molecule has 0 N–H and O–H groups in total. The fourth-order valence-electron chi connectivity index (χ4n) is 5.87. The normalized spacial score (nSPS) is 13.8. The molecule has 6 aromatic rings. The Hall–Kier alpha value is -4.10. The maximum atomic E-state index is 2.45. The number of rotatable bonds is 2. The molecule has 1 heterocycles. The monoisotopic (exact) mass is 435 g/mol. The highest BCUT2D eigenvalue weighted by Crippen LogP contribution is 2.50. The first kappa shape index (κ1) is 19.4. The average Bonchev–Trinajstić information content (AvgIpc) is 3.33. The van der Waals surface area contributed by atoms with Gasteiger partial charge in [0.05, 0.1) is 11.0 Å². The third kappa shape index (κ3) is 2.61. The highest BCUT2D eigenvalue weighted by molar-refractivity contribution is 6.11. The molecule has 7 rings (SSSR count). The lowest BCUT2D eigenvalue weighted by Crippen LogP contribution is -2.14. The summed E-state index contributed by atoms with van der Waals surface area (Å²) in [6.45, 7) is 4.70. The molecule has 0 amide bonds. The van der Waals surface area contributed by atoms with Crippen molar-refractivity contribution in [3.05, 3.63) is 126 Å². The molecule has 1 aromatic heterocycles. The maximum absolute atomic E-state index is 2.45. The van der Waals surface area contributed by atoms with E-state index in [0.717, 1.165) is 0 Å². The van der Waals surface area contributed by atoms with Crippen LogP contribution in [0.3, 0.4) is 0 Å². The Kier molecular flexibility index (Phi) is 3.96. The summed E-state index contributed by atoms with van der Waals surface area (Å²) >= 11 is 0. The molecule has 0 spiro atoms. The second kappa shape index (κ2) is 6.95. The molecular formula is C33H25N. The molecule has 0 fully saturated rings. The number of hydrogen-bond donors (Lipinski definition) is 0. The van der Waals surface area contributed by atoms with Crippen LogP contribution >= 0.6 is 0 Å². The van der Waals surface area contributed by atoms with Gasteiger partial charge in [-0.3, -0.25) is 0 Å². The Morgan fingerprint density at radius 2 is 1.18 bits per heavy atom. The fourth-order valence-corrected chi connectivity index (χ4v) is 5.87. The van der Waals surface area contributed by atoms with Crippen molar-refractivity contribution in [2.24, 2.45) is 0 Å². The Morgan fingerprint density at radius 1 is 0.500 bits per heavy atom. The zero-order chi connectivity index (χ0) is 22.9. The summed E-state index contributed by atoms with van der Waals surface area (Å²) in [7, 11) is 0. The van der Waals surface area contributed by atoms with Crippen LogP contribution in [0, 0.1) is 0 Å². The fraction of sp³-hybridized carbons (Fsp3) is 0.0909. The van der Waals surface area contributed by atoms with E-state index in [1.54, 1.807) is 0 Å². The number of para-hydroxylation sites is 1. The predicted molar refractivity (Wildman–Crippen MR) is 144 cm³/mol. The van der Waals surface area contributed by atoms with Crippen molar-refractivity contribution < 1.29 is 0 Å². The Balaban J connectivity index is 1.50. The Bertz CT molecular complexity index is 1700. The summed E-state index contributed by atoms with van der Waals surface area (Å²) < 4.78 is 2.42. The van der Waals surface area contributed by atoms with Gasteiger partial charge in [0.25, 0.3) is 0 Å². The lowest BCUT2D eigenvalue weighted by Gasteiger charge is -2.21. The van der Waals surface area contributed by atoms with Crippen molar-refractivity contribution in [1.82, 2.24) is 4.57 Å². The number of fused-ring (bicyclic) bond motifs is 6. The first-order valence-corrected chi connectivity index (χ1v) is 12.0. The molecule has 34 heavy (non-hydrogen) atoms. The molecule has 0 atom stereocenters. The topological polar surface area (TPSA) is 4.93 Å². The summed E-state index contributed by atoms with van der Waals surface area (Å²) in [5.41, 5.74) is 11.7. The second-order valence-electron chi connectivity index (χ2n) is 9.85. The Labute approximate surface area is 199 Å². The zero-order valence-corrected chi connectivity index (χ0v) is 19.4. The molecule has 0 bridgehead atoms. The van der Waals surface area contributed by atoms with E-state index in [1.165, 1.54) is 60.9 Å². The minimum absolute atomic E-state index is 0.000647. The van der Waals surface area contributed by atoms with Crippen LogP contribution < -0.4 is 0 Å². The molecular weight excluding hydrogens is 410 g/mol. The highest BCUT2D eigenvalue weighted by Gasteiger charge is 2.36. The maximum Gasteiger partial charge on any atom is 0.0547 e. The van der Waals surface area contributed by atoms with E-state index in [4.69, 9.17) is 0 Å². The van der Waals surface area contributed by atoms with Crippen LogP contribution in [-0.4, -0.2) is 4.57 Å². The van der Waals surface area contributed by atoms with Crippen LogP contribution in [0.25, 0.3) is 49.7 Å². The third-order valence-electron chi connectivity index (χ3n) is 7.61. The third-order valence-corrected chi connectivity index (χ3v) is 7.61. The van der Waals surface area contributed by atoms with Crippen molar-refractivity contribution in [3.63, 3.8) is 0 Å². The van der Waals surface area contributed by atoms with E-state index in [9.17, 15) is 0 Å². The lowest BCUT2D eigenvalue weighted by molar-refractivity contribution is 0.661. The summed E-state index contributed by atoms with van der Waals surface area (Å²) in [4.78, 5) is 0. The Morgan fingerprint density at radius 3 is 2.00 bits per heavy atom. The summed E-state index contributed by atoms with van der Waals surface area (Å²) in [6, 6.07) is 42.1. The number of benzene rings is 5. The lowest BCUT2D eigenvalue weighted by atomic mass is 9.82. The molecule has 1 aliphatic rings. The zero-order valence-electron chi connectivity index (χ0n) is 19.4. The van der Waals surface area contributed by atoms with Gasteiger partial charge >= 0.3 is 0 Å². The van der Waals surface area contributed by atoms with Crippen LogP contribution in [0.1, 0.15) is 25.0 Å². The van der Waals surface area contributed by atoms with Crippen LogP contribution in [-0.2, 0) is 5.41 Å². The van der Waals surface area contributed by atoms with Gasteiger partial charge in [0.2, 0.25) is 0 Å². The molecule has 5 aromatic carbocycles. The minimum atomic E-state index is 0.000647. The van der Waals surface area contributed by atoms with Gasteiger partial charge in [0, 0.05) is 21.9 Å². The first-order chi connectivity index (χ1) is 16.6. The van der Waals surface area contributed by atoms with E-state index in [2.05, 4.69) is 134 Å². The molecule has 0 unspecified atom stereocenters.